The monoisotopic (exact) mass is 370 g/mol. The molecule has 2 aliphatic rings. The minimum Gasteiger partial charge on any atom is -0.299 e. The van der Waals surface area contributed by atoms with Gasteiger partial charge in [-0.05, 0) is 34.6 Å². The van der Waals surface area contributed by atoms with Gasteiger partial charge in [0.15, 0.2) is 4.91 Å². The van der Waals surface area contributed by atoms with Crippen LogP contribution in [0.1, 0.15) is 17.5 Å². The lowest BCUT2D eigenvalue weighted by Gasteiger charge is -2.15. The molecule has 2 aliphatic carbocycles. The number of benzene rings is 1. The quantitative estimate of drug-likeness (QED) is 0.617. The van der Waals surface area contributed by atoms with Crippen molar-refractivity contribution in [2.75, 3.05) is 0 Å². The Bertz CT molecular complexity index is 1170. The number of carbonyl (C=O) groups is 2. The molecule has 1 aromatic carbocycles. The van der Waals surface area contributed by atoms with Crippen LogP contribution in [0.3, 0.4) is 0 Å². The van der Waals surface area contributed by atoms with Crippen LogP contribution in [-0.4, -0.2) is 37.5 Å². The van der Waals surface area contributed by atoms with Crippen LogP contribution in [0.15, 0.2) is 17.0 Å². The first kappa shape index (κ1) is 16.7. The average Bonchev–Trinajstić information content (AvgIpc) is 2.42. The first-order chi connectivity index (χ1) is 11.0. The summed E-state index contributed by atoms with van der Waals surface area (Å²) in [4.78, 5) is 21.4. The molecular formula is C14H10O8S2. The van der Waals surface area contributed by atoms with E-state index in [2.05, 4.69) is 0 Å². The first-order valence-corrected chi connectivity index (χ1v) is 9.47. The Balaban J connectivity index is 2.49. The predicted octanol–water partition coefficient (Wildman–Crippen LogP) is -1.21. The lowest BCUT2D eigenvalue weighted by atomic mass is 9.93. The van der Waals surface area contributed by atoms with E-state index in [1.54, 1.807) is 6.08 Å². The van der Waals surface area contributed by atoms with Crippen LogP contribution >= 0.6 is 0 Å². The highest BCUT2D eigenvalue weighted by atomic mass is 32.2. The van der Waals surface area contributed by atoms with Gasteiger partial charge in [0, 0.05) is 18.1 Å². The molecule has 2 N–H and O–H groups in total. The summed E-state index contributed by atoms with van der Waals surface area (Å²) in [5, 5.41) is 0.375. The zero-order valence-electron chi connectivity index (χ0n) is 11.9. The smallest absolute Gasteiger partial charge is 0.299 e. The van der Waals surface area contributed by atoms with Crippen LogP contribution in [0.25, 0.3) is 17.1 Å². The van der Waals surface area contributed by atoms with E-state index >= 15 is 0 Å². The maximum atomic E-state index is 12.2. The number of fused-ring (bicyclic) bond motifs is 2. The third-order valence-corrected chi connectivity index (χ3v) is 5.53. The summed E-state index contributed by atoms with van der Waals surface area (Å²) in [5.74, 6) is -1.63. The van der Waals surface area contributed by atoms with Crippen molar-refractivity contribution in [1.29, 1.82) is 0 Å². The van der Waals surface area contributed by atoms with Gasteiger partial charge in [0.05, 0.1) is 0 Å². The topological polar surface area (TPSA) is 143 Å². The predicted molar refractivity (Wildman–Crippen MR) is 83.0 cm³/mol. The summed E-state index contributed by atoms with van der Waals surface area (Å²) >= 11 is 0. The fraction of sp³-hybridized carbons (Fsp3) is 0.143. The minimum atomic E-state index is -5.07. The normalized spacial score (nSPS) is 17.8. The van der Waals surface area contributed by atoms with Crippen LogP contribution in [-0.2, 0) is 36.2 Å². The summed E-state index contributed by atoms with van der Waals surface area (Å²) in [6.45, 7) is 0. The van der Waals surface area contributed by atoms with E-state index in [1.165, 1.54) is 12.1 Å². The number of rotatable bonds is 2. The Kier molecular flexibility index (Phi) is 3.61. The molecule has 0 aliphatic heterocycles. The Hall–Kier alpha value is -2.14. The Morgan fingerprint density at radius 2 is 1.62 bits per heavy atom. The SMILES string of the molecule is O=C1CC=c2cc3c(cc2C1)=C(S(=O)(=O)O)C(=O)C(S(=O)(=O)O)=C3. The summed E-state index contributed by atoms with van der Waals surface area (Å²) in [5.41, 5.74) is 0.488. The van der Waals surface area contributed by atoms with Crippen molar-refractivity contribution in [2.45, 2.75) is 12.8 Å². The molecule has 0 heterocycles. The van der Waals surface area contributed by atoms with Gasteiger partial charge >= 0.3 is 0 Å². The van der Waals surface area contributed by atoms with E-state index in [-0.39, 0.29) is 29.4 Å². The number of allylic oxidation sites excluding steroid dienone is 1. The van der Waals surface area contributed by atoms with Crippen molar-refractivity contribution in [1.82, 2.24) is 0 Å². The van der Waals surface area contributed by atoms with Crippen molar-refractivity contribution in [2.24, 2.45) is 0 Å². The second-order valence-corrected chi connectivity index (χ2v) is 8.13. The highest BCUT2D eigenvalue weighted by Crippen LogP contribution is 2.23. The van der Waals surface area contributed by atoms with E-state index in [0.29, 0.717) is 10.8 Å². The Morgan fingerprint density at radius 3 is 2.21 bits per heavy atom. The van der Waals surface area contributed by atoms with Gasteiger partial charge in [0.2, 0.25) is 5.78 Å². The van der Waals surface area contributed by atoms with E-state index in [9.17, 15) is 31.0 Å². The fourth-order valence-corrected chi connectivity index (χ4v) is 4.21. The molecule has 0 aromatic heterocycles. The number of carbonyl (C=O) groups excluding carboxylic acids is 2. The van der Waals surface area contributed by atoms with E-state index in [1.807, 2.05) is 0 Å². The van der Waals surface area contributed by atoms with Gasteiger partial charge in [-0.2, -0.15) is 16.8 Å². The third-order valence-electron chi connectivity index (χ3n) is 3.75. The average molecular weight is 370 g/mol. The molecule has 0 amide bonds. The van der Waals surface area contributed by atoms with Gasteiger partial charge in [-0.25, -0.2) is 0 Å². The molecule has 1 aromatic rings. The number of ketones is 2. The minimum absolute atomic E-state index is 0.0270. The molecule has 8 nitrogen and oxygen atoms in total. The summed E-state index contributed by atoms with van der Waals surface area (Å²) in [7, 11) is -10.1. The molecule has 0 saturated carbocycles. The molecule has 0 saturated heterocycles. The fourth-order valence-electron chi connectivity index (χ4n) is 2.74. The highest BCUT2D eigenvalue weighted by Gasteiger charge is 2.36. The molecule has 0 unspecified atom stereocenters. The van der Waals surface area contributed by atoms with Crippen molar-refractivity contribution in [3.63, 3.8) is 0 Å². The molecule has 0 bridgehead atoms. The zero-order chi connectivity index (χ0) is 17.9. The summed E-state index contributed by atoms with van der Waals surface area (Å²) < 4.78 is 64.3. The Labute approximate surface area is 136 Å². The van der Waals surface area contributed by atoms with E-state index in [0.717, 1.165) is 6.08 Å². The third kappa shape index (κ3) is 2.73. The van der Waals surface area contributed by atoms with E-state index < -0.39 is 35.8 Å². The molecule has 3 rings (SSSR count). The largest absolute Gasteiger partial charge is 0.299 e. The molecule has 0 spiro atoms. The van der Waals surface area contributed by atoms with Crippen LogP contribution in [0.2, 0.25) is 0 Å². The molecule has 126 valence electrons. The van der Waals surface area contributed by atoms with Crippen molar-refractivity contribution < 1.29 is 35.5 Å². The highest BCUT2D eigenvalue weighted by molar-refractivity contribution is 7.97. The van der Waals surface area contributed by atoms with Crippen LogP contribution in [0.4, 0.5) is 0 Å². The number of Topliss-reactive ketones (excluding diaryl/α,β-unsaturated/α-hetero) is 2. The standard InChI is InChI=1S/C14H10O8S2/c15-10-2-1-7-3-9-6-12(23(17,18)19)13(16)14(24(20,21)22)11(9)5-8(7)4-10/h1,3,5-6H,2,4H2,(H,17,18,19)(H,20,21,22). The summed E-state index contributed by atoms with van der Waals surface area (Å²) in [6.07, 6.45) is 2.63. The lowest BCUT2D eigenvalue weighted by molar-refractivity contribution is -0.117. The van der Waals surface area contributed by atoms with Gasteiger partial charge in [0.1, 0.15) is 10.7 Å². The van der Waals surface area contributed by atoms with Crippen LogP contribution in [0.5, 0.6) is 0 Å². The van der Waals surface area contributed by atoms with Gasteiger partial charge in [-0.3, -0.25) is 18.7 Å². The van der Waals surface area contributed by atoms with Gasteiger partial charge < -0.3 is 0 Å². The maximum Gasteiger partial charge on any atom is 0.299 e. The molecular weight excluding hydrogens is 360 g/mol. The van der Waals surface area contributed by atoms with Crippen LogP contribution < -0.4 is 10.4 Å². The number of hydrogen-bond acceptors (Lipinski definition) is 6. The Morgan fingerprint density at radius 1 is 0.958 bits per heavy atom. The summed E-state index contributed by atoms with van der Waals surface area (Å²) in [6, 6.07) is 2.66. The van der Waals surface area contributed by atoms with Gasteiger partial charge in [-0.1, -0.05) is 6.08 Å². The molecule has 0 radical (unpaired) electrons. The second-order valence-electron chi connectivity index (χ2n) is 5.38. The maximum absolute atomic E-state index is 12.2. The van der Waals surface area contributed by atoms with E-state index in [4.69, 9.17) is 4.55 Å². The van der Waals surface area contributed by atoms with Gasteiger partial charge in [-0.15, -0.1) is 0 Å². The zero-order valence-corrected chi connectivity index (χ0v) is 13.5. The lowest BCUT2D eigenvalue weighted by Crippen LogP contribution is -2.33. The van der Waals surface area contributed by atoms with Crippen molar-refractivity contribution in [3.05, 3.63) is 38.6 Å². The van der Waals surface area contributed by atoms with Crippen LogP contribution in [0, 0.1) is 0 Å². The molecule has 0 atom stereocenters. The molecule has 10 heteroatoms. The first-order valence-electron chi connectivity index (χ1n) is 6.59. The molecule has 0 fully saturated rings. The second kappa shape index (κ2) is 5.18. The number of hydrogen-bond donors (Lipinski definition) is 2. The molecule has 24 heavy (non-hydrogen) atoms. The van der Waals surface area contributed by atoms with Gasteiger partial charge in [0.25, 0.3) is 20.2 Å². The van der Waals surface area contributed by atoms with Crippen molar-refractivity contribution >= 4 is 48.9 Å². The van der Waals surface area contributed by atoms with Crippen molar-refractivity contribution in [3.8, 4) is 0 Å².